The zero-order valence-corrected chi connectivity index (χ0v) is 23.7. The molecule has 2 atom stereocenters. The van der Waals surface area contributed by atoms with Crippen molar-refractivity contribution in [1.29, 1.82) is 0 Å². The van der Waals surface area contributed by atoms with E-state index in [1.807, 2.05) is 57.2 Å². The van der Waals surface area contributed by atoms with Gasteiger partial charge in [0.05, 0.1) is 25.4 Å². The lowest BCUT2D eigenvalue weighted by Crippen LogP contribution is -2.56. The summed E-state index contributed by atoms with van der Waals surface area (Å²) < 4.78 is 10.7. The van der Waals surface area contributed by atoms with Gasteiger partial charge >= 0.3 is 6.09 Å². The van der Waals surface area contributed by atoms with E-state index in [1.165, 1.54) is 0 Å². The van der Waals surface area contributed by atoms with Gasteiger partial charge in [-0.25, -0.2) is 9.79 Å². The van der Waals surface area contributed by atoms with Crippen molar-refractivity contribution in [2.24, 2.45) is 15.8 Å². The smallest absolute Gasteiger partial charge is 0.410 e. The van der Waals surface area contributed by atoms with Crippen molar-refractivity contribution in [3.8, 4) is 5.75 Å². The third kappa shape index (κ3) is 6.14. The Hall–Kier alpha value is -3.87. The highest BCUT2D eigenvalue weighted by Crippen LogP contribution is 2.36. The predicted octanol–water partition coefficient (Wildman–Crippen LogP) is 3.03. The van der Waals surface area contributed by atoms with Crippen LogP contribution in [0, 0.1) is 0 Å². The number of nitrogens with zero attached hydrogens (tertiary/aromatic N) is 5. The SMILES string of the molecule is COc1ccc(CON2Nc3ccc(C4=NC(N5CCN(C(=O)OC(C)(C)C)CC5)C(N)=NN4)cc3C2C)cc1. The molecule has 2 aromatic rings. The number of ether oxygens (including phenoxy) is 2. The molecule has 0 aliphatic carbocycles. The number of fused-ring (bicyclic) bond motifs is 1. The molecule has 0 radical (unpaired) electrons. The summed E-state index contributed by atoms with van der Waals surface area (Å²) >= 11 is 0. The zero-order valence-electron chi connectivity index (χ0n) is 23.7. The number of carbonyl (C=O) groups is 1. The Labute approximate surface area is 234 Å². The van der Waals surface area contributed by atoms with E-state index in [2.05, 4.69) is 33.8 Å². The Kier molecular flexibility index (Phi) is 7.83. The standard InChI is InChI=1S/C28H38N8O4/c1-18-22-16-20(8-11-23(22)33-36(18)39-17-19-6-9-21(38-5)10-7-19)25-30-26(24(29)31-32-25)34-12-14-35(15-13-34)27(37)40-28(2,3)4/h6-11,16,18,26,33H,12-15,17H2,1-5H3,(H2,29,31)(H,30,32). The number of hydrogen-bond donors (Lipinski definition) is 3. The predicted molar refractivity (Wildman–Crippen MR) is 153 cm³/mol. The zero-order chi connectivity index (χ0) is 28.4. The molecule has 40 heavy (non-hydrogen) atoms. The van der Waals surface area contributed by atoms with E-state index in [0.29, 0.717) is 44.5 Å². The number of hydrogen-bond acceptors (Lipinski definition) is 11. The van der Waals surface area contributed by atoms with Crippen molar-refractivity contribution in [3.05, 3.63) is 59.2 Å². The van der Waals surface area contributed by atoms with Gasteiger partial charge in [-0.2, -0.15) is 5.10 Å². The number of methoxy groups -OCH3 is 1. The lowest BCUT2D eigenvalue weighted by Gasteiger charge is -2.38. The normalized spacial score (nSPS) is 21.6. The number of carbonyl (C=O) groups excluding carboxylic acids is 1. The molecule has 4 N–H and O–H groups in total. The first-order valence-electron chi connectivity index (χ1n) is 13.5. The van der Waals surface area contributed by atoms with E-state index in [4.69, 9.17) is 25.0 Å². The topological polar surface area (TPSA) is 129 Å². The molecule has 12 heteroatoms. The van der Waals surface area contributed by atoms with Crippen LogP contribution < -0.4 is 21.3 Å². The molecule has 0 spiro atoms. The number of hydrazone groups is 1. The number of aliphatic imine (C=N–C) groups is 1. The number of amidine groups is 2. The van der Waals surface area contributed by atoms with Gasteiger partial charge in [-0.05, 0) is 69.2 Å². The van der Waals surface area contributed by atoms with Crippen molar-refractivity contribution in [3.63, 3.8) is 0 Å². The average Bonchev–Trinajstić information content (AvgIpc) is 3.26. The second kappa shape index (κ2) is 11.3. The number of benzene rings is 2. The van der Waals surface area contributed by atoms with Crippen molar-refractivity contribution in [2.75, 3.05) is 38.7 Å². The van der Waals surface area contributed by atoms with Crippen LogP contribution in [0.15, 0.2) is 52.6 Å². The lowest BCUT2D eigenvalue weighted by molar-refractivity contribution is -0.170. The molecule has 2 unspecified atom stereocenters. The van der Waals surface area contributed by atoms with E-state index in [1.54, 1.807) is 17.2 Å². The van der Waals surface area contributed by atoms with Crippen LogP contribution in [0.25, 0.3) is 0 Å². The number of hydroxylamine groups is 1. The molecule has 3 aliphatic rings. The van der Waals surface area contributed by atoms with Crippen LogP contribution in [0.3, 0.4) is 0 Å². The minimum atomic E-state index is -0.526. The molecule has 0 bridgehead atoms. The second-order valence-corrected chi connectivity index (χ2v) is 11.0. The van der Waals surface area contributed by atoms with Gasteiger partial charge < -0.3 is 20.1 Å². The molecular weight excluding hydrogens is 512 g/mol. The Morgan fingerprint density at radius 3 is 2.50 bits per heavy atom. The highest BCUT2D eigenvalue weighted by atomic mass is 16.7. The van der Waals surface area contributed by atoms with Crippen LogP contribution in [-0.4, -0.2) is 77.8 Å². The Morgan fingerprint density at radius 1 is 1.10 bits per heavy atom. The number of anilines is 1. The molecular formula is C28H38N8O4. The average molecular weight is 551 g/mol. The van der Waals surface area contributed by atoms with E-state index in [9.17, 15) is 4.79 Å². The summed E-state index contributed by atoms with van der Waals surface area (Å²) in [6.45, 7) is 10.4. The summed E-state index contributed by atoms with van der Waals surface area (Å²) in [5, 5.41) is 6.12. The number of piperazine rings is 1. The Balaban J connectivity index is 1.22. The first kappa shape index (κ1) is 27.7. The summed E-state index contributed by atoms with van der Waals surface area (Å²) in [4.78, 5) is 27.3. The van der Waals surface area contributed by atoms with Gasteiger partial charge in [-0.1, -0.05) is 17.3 Å². The van der Waals surface area contributed by atoms with Gasteiger partial charge in [0, 0.05) is 31.7 Å². The first-order valence-corrected chi connectivity index (χ1v) is 13.5. The van der Waals surface area contributed by atoms with Gasteiger partial charge in [-0.15, -0.1) is 0 Å². The van der Waals surface area contributed by atoms with Crippen molar-refractivity contribution >= 4 is 23.5 Å². The molecule has 2 aromatic carbocycles. The van der Waals surface area contributed by atoms with Gasteiger partial charge in [0.2, 0.25) is 0 Å². The maximum Gasteiger partial charge on any atom is 0.410 e. The minimum Gasteiger partial charge on any atom is -0.497 e. The molecule has 5 rings (SSSR count). The molecule has 1 saturated heterocycles. The molecule has 1 amide bonds. The van der Waals surface area contributed by atoms with E-state index >= 15 is 0 Å². The molecule has 214 valence electrons. The number of rotatable bonds is 6. The number of nitrogens with two attached hydrogens (primary N) is 1. The maximum atomic E-state index is 12.5. The molecule has 12 nitrogen and oxygen atoms in total. The fourth-order valence-corrected chi connectivity index (χ4v) is 4.79. The largest absolute Gasteiger partial charge is 0.497 e. The van der Waals surface area contributed by atoms with E-state index in [-0.39, 0.29) is 12.1 Å². The fraction of sp³-hybridized carbons (Fsp3) is 0.464. The van der Waals surface area contributed by atoms with Crippen molar-refractivity contribution in [2.45, 2.75) is 52.1 Å². The third-order valence-corrected chi connectivity index (χ3v) is 7.01. The number of amides is 1. The summed E-state index contributed by atoms with van der Waals surface area (Å²) in [6, 6.07) is 13.9. The van der Waals surface area contributed by atoms with Gasteiger partial charge in [0.1, 0.15) is 11.4 Å². The summed E-state index contributed by atoms with van der Waals surface area (Å²) in [5.74, 6) is 1.84. The fourth-order valence-electron chi connectivity index (χ4n) is 4.79. The third-order valence-electron chi connectivity index (χ3n) is 7.01. The van der Waals surface area contributed by atoms with Gasteiger partial charge in [0.15, 0.2) is 17.8 Å². The number of hydrazine groups is 1. The van der Waals surface area contributed by atoms with Crippen LogP contribution in [0.4, 0.5) is 10.5 Å². The molecule has 3 heterocycles. The van der Waals surface area contributed by atoms with E-state index in [0.717, 1.165) is 28.1 Å². The molecule has 0 saturated carbocycles. The van der Waals surface area contributed by atoms with E-state index < -0.39 is 11.8 Å². The minimum absolute atomic E-state index is 0.0253. The van der Waals surface area contributed by atoms with Crippen molar-refractivity contribution in [1.82, 2.24) is 20.4 Å². The van der Waals surface area contributed by atoms with Crippen LogP contribution in [-0.2, 0) is 16.2 Å². The molecule has 0 aromatic heterocycles. The van der Waals surface area contributed by atoms with Crippen LogP contribution in [0.1, 0.15) is 50.4 Å². The first-order chi connectivity index (χ1) is 19.1. The summed E-state index contributed by atoms with van der Waals surface area (Å²) in [7, 11) is 1.65. The highest BCUT2D eigenvalue weighted by molar-refractivity contribution is 6.03. The second-order valence-electron chi connectivity index (χ2n) is 11.0. The quantitative estimate of drug-likeness (QED) is 0.497. The van der Waals surface area contributed by atoms with Gasteiger partial charge in [0.25, 0.3) is 0 Å². The summed E-state index contributed by atoms with van der Waals surface area (Å²) in [6.07, 6.45) is -0.712. The molecule has 3 aliphatic heterocycles. The van der Waals surface area contributed by atoms with Crippen molar-refractivity contribution < 1.29 is 19.1 Å². The van der Waals surface area contributed by atoms with Crippen LogP contribution in [0.5, 0.6) is 5.75 Å². The Bertz CT molecular complexity index is 1280. The molecule has 1 fully saturated rings. The maximum absolute atomic E-state index is 12.5. The van der Waals surface area contributed by atoms with Crippen LogP contribution >= 0.6 is 0 Å². The monoisotopic (exact) mass is 550 g/mol. The lowest BCUT2D eigenvalue weighted by atomic mass is 10.0. The number of nitrogens with one attached hydrogen (secondary N) is 2. The Morgan fingerprint density at radius 2 is 1.82 bits per heavy atom. The summed E-state index contributed by atoms with van der Waals surface area (Å²) in [5.41, 5.74) is 16.1. The highest BCUT2D eigenvalue weighted by Gasteiger charge is 2.33. The van der Waals surface area contributed by atoms with Gasteiger partial charge in [-0.3, -0.25) is 20.6 Å². The van der Waals surface area contributed by atoms with Crippen LogP contribution in [0.2, 0.25) is 0 Å².